The summed E-state index contributed by atoms with van der Waals surface area (Å²) < 4.78 is 13.5. The SMILES string of the molecule is CCC(CC)n1c(COc2ccccc2Cl)nnc1SCC(=O)N1CCOC(C)C1. The zero-order valence-electron chi connectivity index (χ0n) is 17.7. The van der Waals surface area contributed by atoms with Crippen molar-refractivity contribution in [2.75, 3.05) is 25.4 Å². The lowest BCUT2D eigenvalue weighted by molar-refractivity contribution is -0.135. The number of rotatable bonds is 9. The minimum absolute atomic E-state index is 0.0782. The maximum Gasteiger partial charge on any atom is 0.233 e. The number of ether oxygens (including phenoxy) is 2. The highest BCUT2D eigenvalue weighted by molar-refractivity contribution is 7.99. The van der Waals surface area contributed by atoms with Crippen molar-refractivity contribution < 1.29 is 14.3 Å². The maximum absolute atomic E-state index is 12.6. The molecular weight excluding hydrogens is 424 g/mol. The number of hydrogen-bond acceptors (Lipinski definition) is 6. The van der Waals surface area contributed by atoms with Crippen molar-refractivity contribution in [1.29, 1.82) is 0 Å². The Morgan fingerprint density at radius 3 is 2.80 bits per heavy atom. The highest BCUT2D eigenvalue weighted by Gasteiger charge is 2.24. The zero-order valence-corrected chi connectivity index (χ0v) is 19.3. The van der Waals surface area contributed by atoms with E-state index in [2.05, 4.69) is 28.6 Å². The molecule has 0 radical (unpaired) electrons. The van der Waals surface area contributed by atoms with Gasteiger partial charge in [0.1, 0.15) is 12.4 Å². The lowest BCUT2D eigenvalue weighted by Gasteiger charge is -2.31. The molecule has 1 aromatic carbocycles. The van der Waals surface area contributed by atoms with Gasteiger partial charge in [0.2, 0.25) is 5.91 Å². The predicted molar refractivity (Wildman–Crippen MR) is 118 cm³/mol. The van der Waals surface area contributed by atoms with Crippen LogP contribution in [0.5, 0.6) is 5.75 Å². The van der Waals surface area contributed by atoms with Gasteiger partial charge in [0.15, 0.2) is 11.0 Å². The monoisotopic (exact) mass is 452 g/mol. The third-order valence-electron chi connectivity index (χ3n) is 5.15. The van der Waals surface area contributed by atoms with E-state index >= 15 is 0 Å². The van der Waals surface area contributed by atoms with Gasteiger partial charge in [-0.1, -0.05) is 49.3 Å². The second-order valence-corrected chi connectivity index (χ2v) is 8.62. The largest absolute Gasteiger partial charge is 0.484 e. The Kier molecular flexibility index (Phi) is 8.41. The van der Waals surface area contributed by atoms with Crippen molar-refractivity contribution in [3.05, 3.63) is 35.1 Å². The van der Waals surface area contributed by atoms with Crippen molar-refractivity contribution in [3.8, 4) is 5.75 Å². The average Bonchev–Trinajstić information content (AvgIpc) is 3.15. The van der Waals surface area contributed by atoms with Crippen molar-refractivity contribution in [3.63, 3.8) is 0 Å². The molecule has 30 heavy (non-hydrogen) atoms. The molecule has 1 aromatic heterocycles. The molecule has 0 N–H and O–H groups in total. The predicted octanol–water partition coefficient (Wildman–Crippen LogP) is 4.21. The average molecular weight is 453 g/mol. The van der Waals surface area contributed by atoms with E-state index in [1.165, 1.54) is 11.8 Å². The fourth-order valence-electron chi connectivity index (χ4n) is 3.49. The summed E-state index contributed by atoms with van der Waals surface area (Å²) >= 11 is 7.63. The zero-order chi connectivity index (χ0) is 21.5. The number of amides is 1. The first-order valence-electron chi connectivity index (χ1n) is 10.4. The molecule has 2 aromatic rings. The molecule has 1 amide bonds. The Bertz CT molecular complexity index is 843. The highest BCUT2D eigenvalue weighted by Crippen LogP contribution is 2.28. The molecule has 1 aliphatic rings. The Hall–Kier alpha value is -1.77. The van der Waals surface area contributed by atoms with Crippen LogP contribution in [0.25, 0.3) is 0 Å². The topological polar surface area (TPSA) is 69.5 Å². The van der Waals surface area contributed by atoms with Crippen molar-refractivity contribution >= 4 is 29.3 Å². The van der Waals surface area contributed by atoms with Crippen LogP contribution in [-0.4, -0.2) is 57.1 Å². The van der Waals surface area contributed by atoms with Gasteiger partial charge in [0.25, 0.3) is 0 Å². The summed E-state index contributed by atoms with van der Waals surface area (Å²) in [6.07, 6.45) is 1.96. The summed E-state index contributed by atoms with van der Waals surface area (Å²) in [7, 11) is 0. The van der Waals surface area contributed by atoms with Crippen molar-refractivity contribution in [1.82, 2.24) is 19.7 Å². The van der Waals surface area contributed by atoms with E-state index in [0.29, 0.717) is 36.2 Å². The molecule has 9 heteroatoms. The van der Waals surface area contributed by atoms with E-state index in [0.717, 1.165) is 23.8 Å². The fraction of sp³-hybridized carbons (Fsp3) is 0.571. The van der Waals surface area contributed by atoms with E-state index in [-0.39, 0.29) is 24.7 Å². The quantitative estimate of drug-likeness (QED) is 0.531. The lowest BCUT2D eigenvalue weighted by atomic mass is 10.2. The Morgan fingerprint density at radius 1 is 1.33 bits per heavy atom. The number of morpholine rings is 1. The van der Waals surface area contributed by atoms with Gasteiger partial charge < -0.3 is 18.9 Å². The summed E-state index contributed by atoms with van der Waals surface area (Å²) in [4.78, 5) is 14.5. The van der Waals surface area contributed by atoms with Gasteiger partial charge in [-0.05, 0) is 31.9 Å². The number of para-hydroxylation sites is 1. The van der Waals surface area contributed by atoms with Crippen LogP contribution in [0.2, 0.25) is 5.02 Å². The molecular formula is C21H29ClN4O3S. The van der Waals surface area contributed by atoms with E-state index < -0.39 is 0 Å². The van der Waals surface area contributed by atoms with Crippen LogP contribution >= 0.6 is 23.4 Å². The minimum Gasteiger partial charge on any atom is -0.484 e. The van der Waals surface area contributed by atoms with Crippen LogP contribution < -0.4 is 4.74 Å². The van der Waals surface area contributed by atoms with Crippen LogP contribution in [0, 0.1) is 0 Å². The molecule has 164 valence electrons. The summed E-state index contributed by atoms with van der Waals surface area (Å²) in [6.45, 7) is 8.40. The van der Waals surface area contributed by atoms with Crippen molar-refractivity contribution in [2.45, 2.75) is 57.5 Å². The third-order valence-corrected chi connectivity index (χ3v) is 6.39. The summed E-state index contributed by atoms with van der Waals surface area (Å²) in [5, 5.41) is 10.0. The molecule has 0 bridgehead atoms. The van der Waals surface area contributed by atoms with Gasteiger partial charge in [-0.15, -0.1) is 10.2 Å². The molecule has 1 fully saturated rings. The summed E-state index contributed by atoms with van der Waals surface area (Å²) in [5.41, 5.74) is 0. The van der Waals surface area contributed by atoms with Gasteiger partial charge >= 0.3 is 0 Å². The first kappa shape index (κ1) is 22.9. The third kappa shape index (κ3) is 5.68. The molecule has 3 rings (SSSR count). The van der Waals surface area contributed by atoms with Gasteiger partial charge in [-0.3, -0.25) is 4.79 Å². The second-order valence-electron chi connectivity index (χ2n) is 7.27. The first-order valence-corrected chi connectivity index (χ1v) is 11.7. The summed E-state index contributed by atoms with van der Waals surface area (Å²) in [6, 6.07) is 7.61. The van der Waals surface area contributed by atoms with E-state index in [4.69, 9.17) is 21.1 Å². The van der Waals surface area contributed by atoms with E-state index in [1.807, 2.05) is 30.0 Å². The number of thioether (sulfide) groups is 1. The number of carbonyl (C=O) groups is 1. The Labute approximate surface area is 187 Å². The van der Waals surface area contributed by atoms with Gasteiger partial charge in [0, 0.05) is 19.1 Å². The summed E-state index contributed by atoms with van der Waals surface area (Å²) in [5.74, 6) is 1.78. The molecule has 1 atom stereocenters. The van der Waals surface area contributed by atoms with E-state index in [1.54, 1.807) is 6.07 Å². The second kappa shape index (κ2) is 11.0. The molecule has 1 unspecified atom stereocenters. The maximum atomic E-state index is 12.6. The number of nitrogens with zero attached hydrogens (tertiary/aromatic N) is 4. The van der Waals surface area contributed by atoms with Crippen molar-refractivity contribution in [2.24, 2.45) is 0 Å². The fourth-order valence-corrected chi connectivity index (χ4v) is 4.61. The number of aromatic nitrogens is 3. The van der Waals surface area contributed by atoms with Crippen LogP contribution in [0.15, 0.2) is 29.4 Å². The molecule has 7 nitrogen and oxygen atoms in total. The minimum atomic E-state index is 0.0782. The molecule has 0 saturated carbocycles. The molecule has 2 heterocycles. The van der Waals surface area contributed by atoms with Gasteiger partial charge in [-0.25, -0.2) is 0 Å². The molecule has 0 spiro atoms. The Morgan fingerprint density at radius 2 is 2.10 bits per heavy atom. The number of carbonyl (C=O) groups excluding carboxylic acids is 1. The normalized spacial score (nSPS) is 16.8. The number of halogens is 1. The van der Waals surface area contributed by atoms with Crippen LogP contribution in [0.4, 0.5) is 0 Å². The lowest BCUT2D eigenvalue weighted by Crippen LogP contribution is -2.45. The van der Waals surface area contributed by atoms with Crippen LogP contribution in [0.1, 0.15) is 45.5 Å². The molecule has 1 aliphatic heterocycles. The number of hydrogen-bond donors (Lipinski definition) is 0. The van der Waals surface area contributed by atoms with Crippen LogP contribution in [0.3, 0.4) is 0 Å². The highest BCUT2D eigenvalue weighted by atomic mass is 35.5. The smallest absolute Gasteiger partial charge is 0.233 e. The first-order chi connectivity index (χ1) is 14.5. The van der Waals surface area contributed by atoms with Crippen LogP contribution in [-0.2, 0) is 16.1 Å². The Balaban J connectivity index is 1.70. The van der Waals surface area contributed by atoms with Gasteiger partial charge in [-0.2, -0.15) is 0 Å². The van der Waals surface area contributed by atoms with E-state index in [9.17, 15) is 4.79 Å². The molecule has 1 saturated heterocycles. The number of benzene rings is 1. The van der Waals surface area contributed by atoms with Gasteiger partial charge in [0.05, 0.1) is 23.5 Å². The molecule has 0 aliphatic carbocycles. The standard InChI is InChI=1S/C21H29ClN4O3S/c1-4-16(5-2)26-19(13-29-18-9-7-6-8-17(18)22)23-24-21(26)30-14-20(27)25-10-11-28-15(3)12-25/h6-9,15-16H,4-5,10-14H2,1-3H3.